The minimum absolute atomic E-state index is 0.0340. The molecular formula is C23H25N3O4. The molecule has 1 saturated carbocycles. The molecule has 2 aromatic carbocycles. The predicted octanol–water partition coefficient (Wildman–Crippen LogP) is 2.51. The standard InChI is InChI=1S/C23H25N3O4/c1-14-8-9-18(30-2)12-19(14)20(27)24-13-23(21(28)25-22(29)26-23)17-10-16(11-17)15-6-4-3-5-7-15/h3-9,12,16-17H,10-11,13H2,1-2H3,(H,24,27)(H2,25,26,28,29). The second-order valence-corrected chi connectivity index (χ2v) is 8.02. The summed E-state index contributed by atoms with van der Waals surface area (Å²) in [5, 5.41) is 8.00. The van der Waals surface area contributed by atoms with Crippen LogP contribution < -0.4 is 20.7 Å². The highest BCUT2D eigenvalue weighted by Crippen LogP contribution is 2.47. The highest BCUT2D eigenvalue weighted by Gasteiger charge is 2.56. The monoisotopic (exact) mass is 407 g/mol. The second kappa shape index (κ2) is 7.82. The van der Waals surface area contributed by atoms with Crippen LogP contribution >= 0.6 is 0 Å². The number of carbonyl (C=O) groups is 3. The van der Waals surface area contributed by atoms with Gasteiger partial charge in [0.2, 0.25) is 0 Å². The van der Waals surface area contributed by atoms with Gasteiger partial charge < -0.3 is 15.4 Å². The number of carbonyl (C=O) groups excluding carboxylic acids is 3. The molecule has 1 unspecified atom stereocenters. The third kappa shape index (κ3) is 3.51. The van der Waals surface area contributed by atoms with Crippen LogP contribution in [0.25, 0.3) is 0 Å². The highest BCUT2D eigenvalue weighted by atomic mass is 16.5. The summed E-state index contributed by atoms with van der Waals surface area (Å²) in [6, 6.07) is 14.9. The highest BCUT2D eigenvalue weighted by molar-refractivity contribution is 6.08. The van der Waals surface area contributed by atoms with E-state index < -0.39 is 11.6 Å². The van der Waals surface area contributed by atoms with E-state index in [-0.39, 0.29) is 24.3 Å². The minimum atomic E-state index is -1.13. The van der Waals surface area contributed by atoms with Gasteiger partial charge in [-0.1, -0.05) is 36.4 Å². The lowest BCUT2D eigenvalue weighted by atomic mass is 9.62. The Morgan fingerprint density at radius 3 is 2.53 bits per heavy atom. The van der Waals surface area contributed by atoms with Crippen molar-refractivity contribution in [3.63, 3.8) is 0 Å². The Balaban J connectivity index is 1.50. The van der Waals surface area contributed by atoms with E-state index in [1.54, 1.807) is 19.2 Å². The summed E-state index contributed by atoms with van der Waals surface area (Å²) >= 11 is 0. The number of benzene rings is 2. The molecule has 0 radical (unpaired) electrons. The average molecular weight is 407 g/mol. The van der Waals surface area contributed by atoms with Crippen molar-refractivity contribution in [2.24, 2.45) is 5.92 Å². The molecule has 7 nitrogen and oxygen atoms in total. The molecule has 0 spiro atoms. The van der Waals surface area contributed by atoms with Crippen molar-refractivity contribution in [3.05, 3.63) is 65.2 Å². The number of ether oxygens (including phenoxy) is 1. The van der Waals surface area contributed by atoms with Crippen LogP contribution in [0.4, 0.5) is 4.79 Å². The molecule has 2 aliphatic rings. The Hall–Kier alpha value is -3.35. The first-order chi connectivity index (χ1) is 14.4. The van der Waals surface area contributed by atoms with Gasteiger partial charge in [0.25, 0.3) is 11.8 Å². The third-order valence-corrected chi connectivity index (χ3v) is 6.29. The Morgan fingerprint density at radius 1 is 1.17 bits per heavy atom. The van der Waals surface area contributed by atoms with Gasteiger partial charge in [0.05, 0.1) is 13.7 Å². The number of nitrogens with one attached hydrogen (secondary N) is 3. The molecule has 30 heavy (non-hydrogen) atoms. The zero-order valence-electron chi connectivity index (χ0n) is 17.0. The number of amides is 4. The van der Waals surface area contributed by atoms with Gasteiger partial charge in [-0.2, -0.15) is 0 Å². The number of hydrogen-bond donors (Lipinski definition) is 3. The van der Waals surface area contributed by atoms with Crippen LogP contribution in [0.15, 0.2) is 48.5 Å². The van der Waals surface area contributed by atoms with Crippen LogP contribution in [0.1, 0.15) is 40.2 Å². The summed E-state index contributed by atoms with van der Waals surface area (Å²) in [4.78, 5) is 37.5. The Morgan fingerprint density at radius 2 is 1.90 bits per heavy atom. The molecule has 2 fully saturated rings. The van der Waals surface area contributed by atoms with E-state index in [9.17, 15) is 14.4 Å². The average Bonchev–Trinajstić information content (AvgIpc) is 3.00. The van der Waals surface area contributed by atoms with E-state index in [1.165, 1.54) is 5.56 Å². The molecule has 156 valence electrons. The third-order valence-electron chi connectivity index (χ3n) is 6.29. The Bertz CT molecular complexity index is 985. The summed E-state index contributed by atoms with van der Waals surface area (Å²) in [7, 11) is 1.54. The van der Waals surface area contributed by atoms with E-state index in [0.717, 1.165) is 18.4 Å². The quantitative estimate of drug-likeness (QED) is 0.641. The van der Waals surface area contributed by atoms with Crippen LogP contribution in [-0.4, -0.2) is 37.0 Å². The molecule has 1 atom stereocenters. The van der Waals surface area contributed by atoms with Gasteiger partial charge in [0.15, 0.2) is 0 Å². The molecule has 0 aromatic heterocycles. The number of aryl methyl sites for hydroxylation is 1. The van der Waals surface area contributed by atoms with E-state index in [4.69, 9.17) is 4.74 Å². The van der Waals surface area contributed by atoms with Gasteiger partial charge in [-0.05, 0) is 54.9 Å². The molecule has 4 amide bonds. The van der Waals surface area contributed by atoms with Crippen LogP contribution in [0, 0.1) is 12.8 Å². The fraction of sp³-hybridized carbons (Fsp3) is 0.348. The maximum absolute atomic E-state index is 12.8. The van der Waals surface area contributed by atoms with Crippen LogP contribution in [0.2, 0.25) is 0 Å². The summed E-state index contributed by atoms with van der Waals surface area (Å²) in [6.07, 6.45) is 1.54. The van der Waals surface area contributed by atoms with Crippen molar-refractivity contribution >= 4 is 17.8 Å². The minimum Gasteiger partial charge on any atom is -0.497 e. The first kappa shape index (κ1) is 19.9. The van der Waals surface area contributed by atoms with Gasteiger partial charge in [0, 0.05) is 5.56 Å². The molecule has 7 heteroatoms. The molecule has 1 saturated heterocycles. The van der Waals surface area contributed by atoms with Gasteiger partial charge >= 0.3 is 6.03 Å². The molecule has 1 aliphatic carbocycles. The van der Waals surface area contributed by atoms with Crippen LogP contribution in [-0.2, 0) is 4.79 Å². The van der Waals surface area contributed by atoms with Crippen molar-refractivity contribution < 1.29 is 19.1 Å². The van der Waals surface area contributed by atoms with E-state index in [1.807, 2.05) is 31.2 Å². The zero-order valence-corrected chi connectivity index (χ0v) is 17.0. The predicted molar refractivity (Wildman–Crippen MR) is 111 cm³/mol. The Kier molecular flexibility index (Phi) is 5.20. The molecule has 1 heterocycles. The zero-order chi connectivity index (χ0) is 21.3. The molecule has 2 aromatic rings. The fourth-order valence-electron chi connectivity index (χ4n) is 4.37. The number of urea groups is 1. The van der Waals surface area contributed by atoms with Gasteiger partial charge in [-0.15, -0.1) is 0 Å². The first-order valence-corrected chi connectivity index (χ1v) is 10.0. The SMILES string of the molecule is COc1ccc(C)c(C(=O)NCC2(C3CC(c4ccccc4)C3)NC(=O)NC2=O)c1. The van der Waals surface area contributed by atoms with Crippen molar-refractivity contribution in [1.82, 2.24) is 16.0 Å². The smallest absolute Gasteiger partial charge is 0.322 e. The maximum Gasteiger partial charge on any atom is 0.322 e. The number of methoxy groups -OCH3 is 1. The molecular weight excluding hydrogens is 382 g/mol. The molecule has 4 rings (SSSR count). The van der Waals surface area contributed by atoms with Gasteiger partial charge in [-0.25, -0.2) is 4.79 Å². The summed E-state index contributed by atoms with van der Waals surface area (Å²) in [5.41, 5.74) is 1.37. The summed E-state index contributed by atoms with van der Waals surface area (Å²) in [6.45, 7) is 1.87. The Labute approximate surface area is 175 Å². The largest absolute Gasteiger partial charge is 0.497 e. The lowest BCUT2D eigenvalue weighted by molar-refractivity contribution is -0.127. The molecule has 0 bridgehead atoms. The normalized spacial score (nSPS) is 25.1. The van der Waals surface area contributed by atoms with Crippen LogP contribution in [0.3, 0.4) is 0 Å². The summed E-state index contributed by atoms with van der Waals surface area (Å²) in [5.74, 6) is 0.179. The van der Waals surface area contributed by atoms with Crippen molar-refractivity contribution in [2.45, 2.75) is 31.2 Å². The molecule has 1 aliphatic heterocycles. The van der Waals surface area contributed by atoms with E-state index in [2.05, 4.69) is 28.1 Å². The lowest BCUT2D eigenvalue weighted by Gasteiger charge is -2.45. The molecule has 3 N–H and O–H groups in total. The number of imide groups is 1. The van der Waals surface area contributed by atoms with Crippen molar-refractivity contribution in [1.29, 1.82) is 0 Å². The van der Waals surface area contributed by atoms with E-state index in [0.29, 0.717) is 17.2 Å². The maximum atomic E-state index is 12.8. The summed E-state index contributed by atoms with van der Waals surface area (Å²) < 4.78 is 5.21. The van der Waals surface area contributed by atoms with Crippen molar-refractivity contribution in [3.8, 4) is 5.75 Å². The number of hydrogen-bond acceptors (Lipinski definition) is 4. The fourth-order valence-corrected chi connectivity index (χ4v) is 4.37. The first-order valence-electron chi connectivity index (χ1n) is 10.0. The van der Waals surface area contributed by atoms with Crippen molar-refractivity contribution in [2.75, 3.05) is 13.7 Å². The lowest BCUT2D eigenvalue weighted by Crippen LogP contribution is -2.62. The van der Waals surface area contributed by atoms with Gasteiger partial charge in [-0.3, -0.25) is 14.9 Å². The van der Waals surface area contributed by atoms with E-state index >= 15 is 0 Å². The number of rotatable bonds is 6. The second-order valence-electron chi connectivity index (χ2n) is 8.02. The topological polar surface area (TPSA) is 96.5 Å². The van der Waals surface area contributed by atoms with Crippen LogP contribution in [0.5, 0.6) is 5.75 Å². The van der Waals surface area contributed by atoms with Gasteiger partial charge in [0.1, 0.15) is 11.3 Å².